The fraction of sp³-hybridized carbons (Fsp3) is 0.500. The monoisotopic (exact) mass is 211 g/mol. The normalized spacial score (nSPS) is 11.3. The van der Waals surface area contributed by atoms with E-state index in [0.29, 0.717) is 6.54 Å². The highest BCUT2D eigenvalue weighted by Crippen LogP contribution is 2.18. The standard InChI is InChI=1S/C10H15NO2.C2H6/c1-11-7-10(12)8-4-3-5-9(6-8)13-2;1-2/h3-6,10-12H,7H2,1-2H3;1-2H3. The topological polar surface area (TPSA) is 41.5 Å². The summed E-state index contributed by atoms with van der Waals surface area (Å²) in [4.78, 5) is 0. The lowest BCUT2D eigenvalue weighted by Gasteiger charge is -2.10. The number of nitrogens with one attached hydrogen (secondary N) is 1. The molecule has 2 N–H and O–H groups in total. The van der Waals surface area contributed by atoms with Crippen molar-refractivity contribution in [2.45, 2.75) is 20.0 Å². The molecule has 86 valence electrons. The van der Waals surface area contributed by atoms with Crippen molar-refractivity contribution in [2.24, 2.45) is 0 Å². The molecule has 0 spiro atoms. The van der Waals surface area contributed by atoms with Crippen molar-refractivity contribution >= 4 is 0 Å². The van der Waals surface area contributed by atoms with Gasteiger partial charge in [0, 0.05) is 6.54 Å². The van der Waals surface area contributed by atoms with E-state index in [4.69, 9.17) is 4.74 Å². The molecule has 3 nitrogen and oxygen atoms in total. The van der Waals surface area contributed by atoms with Crippen LogP contribution in [0.1, 0.15) is 25.5 Å². The summed E-state index contributed by atoms with van der Waals surface area (Å²) in [6.45, 7) is 4.55. The highest BCUT2D eigenvalue weighted by molar-refractivity contribution is 5.29. The van der Waals surface area contributed by atoms with Gasteiger partial charge in [-0.1, -0.05) is 26.0 Å². The highest BCUT2D eigenvalue weighted by atomic mass is 16.5. The number of benzene rings is 1. The van der Waals surface area contributed by atoms with Crippen LogP contribution in [0.25, 0.3) is 0 Å². The molecule has 1 rings (SSSR count). The number of aliphatic hydroxyl groups excluding tert-OH is 1. The van der Waals surface area contributed by atoms with Gasteiger partial charge < -0.3 is 15.2 Å². The van der Waals surface area contributed by atoms with Crippen molar-refractivity contribution in [2.75, 3.05) is 20.7 Å². The first-order chi connectivity index (χ1) is 7.27. The SMILES string of the molecule is CC.CNCC(O)c1cccc(OC)c1. The van der Waals surface area contributed by atoms with Gasteiger partial charge in [0.2, 0.25) is 0 Å². The fourth-order valence-corrected chi connectivity index (χ4v) is 1.16. The fourth-order valence-electron chi connectivity index (χ4n) is 1.16. The van der Waals surface area contributed by atoms with E-state index in [0.717, 1.165) is 11.3 Å². The molecular weight excluding hydrogens is 190 g/mol. The quantitative estimate of drug-likeness (QED) is 0.800. The molecule has 3 heteroatoms. The van der Waals surface area contributed by atoms with Gasteiger partial charge in [-0.2, -0.15) is 0 Å². The van der Waals surface area contributed by atoms with E-state index in [1.54, 1.807) is 7.11 Å². The number of ether oxygens (including phenoxy) is 1. The summed E-state index contributed by atoms with van der Waals surface area (Å²) in [5.74, 6) is 0.771. The Labute approximate surface area is 92.1 Å². The number of aliphatic hydroxyl groups is 1. The Balaban J connectivity index is 0.000000921. The van der Waals surface area contributed by atoms with Gasteiger partial charge in [0.15, 0.2) is 0 Å². The van der Waals surface area contributed by atoms with E-state index >= 15 is 0 Å². The summed E-state index contributed by atoms with van der Waals surface area (Å²) in [7, 11) is 3.42. The Morgan fingerprint density at radius 1 is 1.40 bits per heavy atom. The minimum atomic E-state index is -0.472. The summed E-state index contributed by atoms with van der Waals surface area (Å²) in [5.41, 5.74) is 0.869. The molecule has 0 aliphatic rings. The van der Waals surface area contributed by atoms with E-state index < -0.39 is 6.10 Å². The third-order valence-electron chi connectivity index (χ3n) is 1.88. The van der Waals surface area contributed by atoms with Crippen LogP contribution in [-0.4, -0.2) is 25.8 Å². The molecule has 0 saturated carbocycles. The maximum atomic E-state index is 9.62. The maximum absolute atomic E-state index is 9.62. The van der Waals surface area contributed by atoms with E-state index in [9.17, 15) is 5.11 Å². The second-order valence-corrected chi connectivity index (χ2v) is 2.85. The lowest BCUT2D eigenvalue weighted by atomic mass is 10.1. The van der Waals surface area contributed by atoms with Gasteiger partial charge >= 0.3 is 0 Å². The minimum absolute atomic E-state index is 0.472. The molecule has 0 fully saturated rings. The van der Waals surface area contributed by atoms with Crippen LogP contribution in [0.5, 0.6) is 5.75 Å². The molecule has 1 unspecified atom stereocenters. The van der Waals surface area contributed by atoms with Crippen LogP contribution >= 0.6 is 0 Å². The zero-order valence-corrected chi connectivity index (χ0v) is 9.95. The van der Waals surface area contributed by atoms with E-state index in [1.807, 2.05) is 45.2 Å². The van der Waals surface area contributed by atoms with Crippen molar-refractivity contribution in [3.63, 3.8) is 0 Å². The van der Waals surface area contributed by atoms with Crippen LogP contribution in [0.4, 0.5) is 0 Å². The average Bonchev–Trinajstić information content (AvgIpc) is 2.32. The van der Waals surface area contributed by atoms with Crippen LogP contribution < -0.4 is 10.1 Å². The first-order valence-electron chi connectivity index (χ1n) is 5.24. The Bertz CT molecular complexity index is 264. The van der Waals surface area contributed by atoms with Crippen LogP contribution in [-0.2, 0) is 0 Å². The van der Waals surface area contributed by atoms with Gasteiger partial charge in [0.25, 0.3) is 0 Å². The molecule has 1 aromatic rings. The third-order valence-corrected chi connectivity index (χ3v) is 1.88. The first-order valence-corrected chi connectivity index (χ1v) is 5.24. The first kappa shape index (κ1) is 13.9. The zero-order valence-electron chi connectivity index (χ0n) is 9.95. The molecule has 0 amide bonds. The summed E-state index contributed by atoms with van der Waals surface area (Å²) in [6, 6.07) is 7.44. The summed E-state index contributed by atoms with van der Waals surface area (Å²) < 4.78 is 5.05. The molecule has 0 saturated heterocycles. The minimum Gasteiger partial charge on any atom is -0.497 e. The van der Waals surface area contributed by atoms with E-state index in [-0.39, 0.29) is 0 Å². The highest BCUT2D eigenvalue weighted by Gasteiger charge is 2.06. The molecule has 1 atom stereocenters. The molecule has 0 bridgehead atoms. The molecule has 15 heavy (non-hydrogen) atoms. The number of methoxy groups -OCH3 is 1. The second kappa shape index (κ2) is 8.26. The molecule has 0 aromatic heterocycles. The smallest absolute Gasteiger partial charge is 0.119 e. The Morgan fingerprint density at radius 2 is 2.07 bits per heavy atom. The number of hydrogen-bond acceptors (Lipinski definition) is 3. The second-order valence-electron chi connectivity index (χ2n) is 2.85. The average molecular weight is 211 g/mol. The Hall–Kier alpha value is -1.06. The van der Waals surface area contributed by atoms with Gasteiger partial charge in [-0.25, -0.2) is 0 Å². The predicted octanol–water partition coefficient (Wildman–Crippen LogP) is 1.97. The van der Waals surface area contributed by atoms with Crippen molar-refractivity contribution in [1.29, 1.82) is 0 Å². The third kappa shape index (κ3) is 4.81. The number of hydrogen-bond donors (Lipinski definition) is 2. The number of likely N-dealkylation sites (N-methyl/N-ethyl adjacent to an activating group) is 1. The van der Waals surface area contributed by atoms with Gasteiger partial charge in [-0.3, -0.25) is 0 Å². The lowest BCUT2D eigenvalue weighted by molar-refractivity contribution is 0.177. The maximum Gasteiger partial charge on any atom is 0.119 e. The Morgan fingerprint density at radius 3 is 2.60 bits per heavy atom. The molecule has 0 heterocycles. The molecule has 0 radical (unpaired) electrons. The van der Waals surface area contributed by atoms with Crippen molar-refractivity contribution in [3.8, 4) is 5.75 Å². The summed E-state index contributed by atoms with van der Waals surface area (Å²) in [6.07, 6.45) is -0.472. The largest absolute Gasteiger partial charge is 0.497 e. The molecule has 1 aromatic carbocycles. The van der Waals surface area contributed by atoms with Crippen LogP contribution in [0, 0.1) is 0 Å². The summed E-state index contributed by atoms with van der Waals surface area (Å²) in [5, 5.41) is 12.5. The zero-order chi connectivity index (χ0) is 11.7. The van der Waals surface area contributed by atoms with E-state index in [2.05, 4.69) is 5.32 Å². The van der Waals surface area contributed by atoms with Crippen molar-refractivity contribution in [3.05, 3.63) is 29.8 Å². The van der Waals surface area contributed by atoms with Crippen LogP contribution in [0.15, 0.2) is 24.3 Å². The molecular formula is C12H21NO2. The van der Waals surface area contributed by atoms with Crippen molar-refractivity contribution < 1.29 is 9.84 Å². The van der Waals surface area contributed by atoms with Crippen LogP contribution in [0.3, 0.4) is 0 Å². The van der Waals surface area contributed by atoms with Crippen LogP contribution in [0.2, 0.25) is 0 Å². The predicted molar refractivity (Wildman–Crippen MR) is 63.2 cm³/mol. The van der Waals surface area contributed by atoms with Gasteiger partial charge in [0.1, 0.15) is 5.75 Å². The van der Waals surface area contributed by atoms with Crippen molar-refractivity contribution in [1.82, 2.24) is 5.32 Å². The molecule has 0 aliphatic heterocycles. The van der Waals surface area contributed by atoms with E-state index in [1.165, 1.54) is 0 Å². The van der Waals surface area contributed by atoms with Gasteiger partial charge in [-0.05, 0) is 24.7 Å². The summed E-state index contributed by atoms with van der Waals surface area (Å²) >= 11 is 0. The number of rotatable bonds is 4. The molecule has 0 aliphatic carbocycles. The van der Waals surface area contributed by atoms with Gasteiger partial charge in [-0.15, -0.1) is 0 Å². The van der Waals surface area contributed by atoms with Gasteiger partial charge in [0.05, 0.1) is 13.2 Å². The lowest BCUT2D eigenvalue weighted by Crippen LogP contribution is -2.16. The Kier molecular flexibility index (Phi) is 7.68.